The van der Waals surface area contributed by atoms with Crippen molar-refractivity contribution in [1.29, 1.82) is 0 Å². The molecule has 0 amide bonds. The number of nitro benzene ring substituents is 1. The van der Waals surface area contributed by atoms with E-state index >= 15 is 0 Å². The summed E-state index contributed by atoms with van der Waals surface area (Å²) >= 11 is 0. The molecule has 5 nitrogen and oxygen atoms in total. The minimum atomic E-state index is -4.71. The van der Waals surface area contributed by atoms with Gasteiger partial charge in [0.05, 0.1) is 4.92 Å². The highest BCUT2D eigenvalue weighted by Gasteiger charge is 2.38. The topological polar surface area (TPSA) is 78.4 Å². The van der Waals surface area contributed by atoms with Crippen molar-refractivity contribution in [2.45, 2.75) is 31.5 Å². The van der Waals surface area contributed by atoms with Crippen LogP contribution in [0.1, 0.15) is 24.8 Å². The SMILES string of the molecule is NCC1CCCC1Oc1ccc([N+](=O)[O-])cc1C(F)(F)F. The van der Waals surface area contributed by atoms with Gasteiger partial charge in [-0.05, 0) is 31.9 Å². The molecule has 1 aliphatic rings. The van der Waals surface area contributed by atoms with Crippen LogP contribution in [0.15, 0.2) is 18.2 Å². The van der Waals surface area contributed by atoms with Crippen LogP contribution < -0.4 is 10.5 Å². The third-order valence-corrected chi connectivity index (χ3v) is 3.65. The van der Waals surface area contributed by atoms with E-state index < -0.39 is 22.4 Å². The van der Waals surface area contributed by atoms with E-state index in [4.69, 9.17) is 10.5 Å². The van der Waals surface area contributed by atoms with Gasteiger partial charge in [0.1, 0.15) is 17.4 Å². The molecule has 0 saturated heterocycles. The summed E-state index contributed by atoms with van der Waals surface area (Å²) in [5.74, 6) is -0.361. The first kappa shape index (κ1) is 15.6. The smallest absolute Gasteiger partial charge is 0.420 e. The van der Waals surface area contributed by atoms with Crippen molar-refractivity contribution in [3.05, 3.63) is 33.9 Å². The molecule has 1 aliphatic carbocycles. The van der Waals surface area contributed by atoms with Crippen LogP contribution in [0.5, 0.6) is 5.75 Å². The maximum absolute atomic E-state index is 13.0. The van der Waals surface area contributed by atoms with Crippen molar-refractivity contribution in [3.8, 4) is 5.75 Å². The third kappa shape index (κ3) is 3.44. The summed E-state index contributed by atoms with van der Waals surface area (Å²) in [6, 6.07) is 2.52. The van der Waals surface area contributed by atoms with Crippen molar-refractivity contribution < 1.29 is 22.8 Å². The van der Waals surface area contributed by atoms with Crippen LogP contribution in [0.3, 0.4) is 0 Å². The summed E-state index contributed by atoms with van der Waals surface area (Å²) in [5, 5.41) is 10.6. The Kier molecular flexibility index (Phi) is 4.36. The van der Waals surface area contributed by atoms with E-state index in [-0.39, 0.29) is 17.8 Å². The van der Waals surface area contributed by atoms with Gasteiger partial charge in [-0.1, -0.05) is 0 Å². The summed E-state index contributed by atoms with van der Waals surface area (Å²) in [6.45, 7) is 0.346. The molecule has 1 fully saturated rings. The molecule has 0 heterocycles. The molecule has 21 heavy (non-hydrogen) atoms. The van der Waals surface area contributed by atoms with Crippen LogP contribution in [-0.4, -0.2) is 17.6 Å². The summed E-state index contributed by atoms with van der Waals surface area (Å²) in [7, 11) is 0. The fourth-order valence-electron chi connectivity index (χ4n) is 2.55. The summed E-state index contributed by atoms with van der Waals surface area (Å²) in [4.78, 5) is 9.75. The van der Waals surface area contributed by atoms with Crippen molar-refractivity contribution >= 4 is 5.69 Å². The number of benzene rings is 1. The number of hydrogen-bond donors (Lipinski definition) is 1. The van der Waals surface area contributed by atoms with E-state index in [2.05, 4.69) is 0 Å². The number of nitro groups is 1. The maximum atomic E-state index is 13.0. The molecule has 1 aromatic carbocycles. The van der Waals surface area contributed by atoms with E-state index in [0.29, 0.717) is 19.0 Å². The van der Waals surface area contributed by atoms with Crippen LogP contribution in [0, 0.1) is 16.0 Å². The zero-order valence-corrected chi connectivity index (χ0v) is 11.1. The van der Waals surface area contributed by atoms with Gasteiger partial charge in [-0.2, -0.15) is 13.2 Å². The van der Waals surface area contributed by atoms with E-state index in [1.165, 1.54) is 0 Å². The second kappa shape index (κ2) is 5.88. The van der Waals surface area contributed by atoms with E-state index in [9.17, 15) is 23.3 Å². The second-order valence-corrected chi connectivity index (χ2v) is 5.02. The first-order valence-corrected chi connectivity index (χ1v) is 6.55. The molecule has 0 aromatic heterocycles. The summed E-state index contributed by atoms with van der Waals surface area (Å²) in [5.41, 5.74) is 3.83. The molecule has 1 aromatic rings. The van der Waals surface area contributed by atoms with Gasteiger partial charge in [-0.3, -0.25) is 10.1 Å². The molecule has 2 N–H and O–H groups in total. The molecule has 116 valence electrons. The largest absolute Gasteiger partial charge is 0.489 e. The minimum absolute atomic E-state index is 0.0151. The molecule has 2 unspecified atom stereocenters. The van der Waals surface area contributed by atoms with Gasteiger partial charge in [0, 0.05) is 18.1 Å². The van der Waals surface area contributed by atoms with E-state index in [0.717, 1.165) is 25.0 Å². The number of hydrogen-bond acceptors (Lipinski definition) is 4. The molecule has 2 atom stereocenters. The standard InChI is InChI=1S/C13H15F3N2O3/c14-13(15,16)10-6-9(18(19)20)4-5-12(10)21-11-3-1-2-8(11)7-17/h4-6,8,11H,1-3,7,17H2. The van der Waals surface area contributed by atoms with Gasteiger partial charge in [-0.25, -0.2) is 0 Å². The third-order valence-electron chi connectivity index (χ3n) is 3.65. The predicted octanol–water partition coefficient (Wildman–Crippen LogP) is 3.12. The Labute approximate surface area is 119 Å². The van der Waals surface area contributed by atoms with Gasteiger partial charge >= 0.3 is 6.18 Å². The van der Waals surface area contributed by atoms with Crippen LogP contribution in [0.2, 0.25) is 0 Å². The Morgan fingerprint density at radius 3 is 2.67 bits per heavy atom. The van der Waals surface area contributed by atoms with Gasteiger partial charge in [0.2, 0.25) is 0 Å². The average molecular weight is 304 g/mol. The molecule has 2 rings (SSSR count). The Balaban J connectivity index is 2.32. The number of nitrogens with zero attached hydrogens (tertiary/aromatic N) is 1. The molecule has 8 heteroatoms. The number of halogens is 3. The molecule has 0 bridgehead atoms. The van der Waals surface area contributed by atoms with E-state index in [1.54, 1.807) is 0 Å². The minimum Gasteiger partial charge on any atom is -0.489 e. The van der Waals surface area contributed by atoms with Gasteiger partial charge in [-0.15, -0.1) is 0 Å². The van der Waals surface area contributed by atoms with Gasteiger partial charge in [0.15, 0.2) is 0 Å². The fraction of sp³-hybridized carbons (Fsp3) is 0.538. The summed E-state index contributed by atoms with van der Waals surface area (Å²) in [6.07, 6.45) is -2.79. The first-order chi connectivity index (χ1) is 9.82. The van der Waals surface area contributed by atoms with Crippen molar-refractivity contribution in [2.24, 2.45) is 11.7 Å². The maximum Gasteiger partial charge on any atom is 0.420 e. The van der Waals surface area contributed by atoms with Gasteiger partial charge < -0.3 is 10.5 Å². The van der Waals surface area contributed by atoms with E-state index in [1.807, 2.05) is 0 Å². The van der Waals surface area contributed by atoms with Crippen LogP contribution in [-0.2, 0) is 6.18 Å². The van der Waals surface area contributed by atoms with Crippen LogP contribution >= 0.6 is 0 Å². The Morgan fingerprint density at radius 2 is 2.10 bits per heavy atom. The highest BCUT2D eigenvalue weighted by Crippen LogP contribution is 2.40. The molecule has 1 saturated carbocycles. The molecular weight excluding hydrogens is 289 g/mol. The molecule has 0 radical (unpaired) electrons. The normalized spacial score (nSPS) is 22.3. The van der Waals surface area contributed by atoms with Gasteiger partial charge in [0.25, 0.3) is 5.69 Å². The number of rotatable bonds is 4. The number of non-ortho nitro benzene ring substituents is 1. The lowest BCUT2D eigenvalue weighted by Crippen LogP contribution is -2.28. The number of ether oxygens (including phenoxy) is 1. The molecule has 0 aliphatic heterocycles. The van der Waals surface area contributed by atoms with Crippen molar-refractivity contribution in [3.63, 3.8) is 0 Å². The lowest BCUT2D eigenvalue weighted by Gasteiger charge is -2.22. The Bertz CT molecular complexity index is 534. The Morgan fingerprint density at radius 1 is 1.38 bits per heavy atom. The number of alkyl halides is 3. The van der Waals surface area contributed by atoms with Crippen LogP contribution in [0.4, 0.5) is 18.9 Å². The highest BCUT2D eigenvalue weighted by molar-refractivity contribution is 5.45. The predicted molar refractivity (Wildman–Crippen MR) is 68.9 cm³/mol. The average Bonchev–Trinajstić information content (AvgIpc) is 2.85. The van der Waals surface area contributed by atoms with Crippen LogP contribution in [0.25, 0.3) is 0 Å². The fourth-order valence-corrected chi connectivity index (χ4v) is 2.55. The second-order valence-electron chi connectivity index (χ2n) is 5.02. The Hall–Kier alpha value is -1.83. The first-order valence-electron chi connectivity index (χ1n) is 6.55. The zero-order chi connectivity index (χ0) is 15.6. The van der Waals surface area contributed by atoms with Crippen molar-refractivity contribution in [2.75, 3.05) is 6.54 Å². The zero-order valence-electron chi connectivity index (χ0n) is 11.1. The lowest BCUT2D eigenvalue weighted by molar-refractivity contribution is -0.385. The molecule has 0 spiro atoms. The quantitative estimate of drug-likeness (QED) is 0.684. The molecular formula is C13H15F3N2O3. The lowest BCUT2D eigenvalue weighted by atomic mass is 10.1. The van der Waals surface area contributed by atoms with Crippen molar-refractivity contribution in [1.82, 2.24) is 0 Å². The monoisotopic (exact) mass is 304 g/mol. The number of nitrogens with two attached hydrogens (primary N) is 1. The summed E-state index contributed by atoms with van der Waals surface area (Å²) < 4.78 is 44.5. The highest BCUT2D eigenvalue weighted by atomic mass is 19.4.